The van der Waals surface area contributed by atoms with E-state index in [4.69, 9.17) is 11.5 Å². The number of β-amino-alcohol motifs (C(OH)–C–C–N with tert-alkyl or cyclic N) is 1. The van der Waals surface area contributed by atoms with Crippen molar-refractivity contribution in [2.75, 3.05) is 13.6 Å². The van der Waals surface area contributed by atoms with Gasteiger partial charge in [0.1, 0.15) is 0 Å². The normalized spacial score (nSPS) is 23.2. The number of carbonyl (C=O) groups is 1. The van der Waals surface area contributed by atoms with Crippen molar-refractivity contribution in [1.82, 2.24) is 10.2 Å². The van der Waals surface area contributed by atoms with E-state index in [1.165, 1.54) is 6.20 Å². The molecule has 0 spiro atoms. The van der Waals surface area contributed by atoms with Gasteiger partial charge in [-0.25, -0.2) is 0 Å². The molecule has 1 aromatic rings. The number of nitrogens with two attached hydrogens (primary N) is 2. The zero-order valence-corrected chi connectivity index (χ0v) is 12.1. The van der Waals surface area contributed by atoms with Crippen LogP contribution in [-0.4, -0.2) is 41.7 Å². The van der Waals surface area contributed by atoms with Gasteiger partial charge >= 0.3 is 0 Å². The first-order valence-corrected chi connectivity index (χ1v) is 6.94. The molecular formula is C15H22N4O2. The van der Waals surface area contributed by atoms with E-state index in [-0.39, 0.29) is 11.9 Å². The van der Waals surface area contributed by atoms with Crippen molar-refractivity contribution in [3.63, 3.8) is 0 Å². The van der Waals surface area contributed by atoms with Crippen LogP contribution in [0, 0.1) is 0 Å². The van der Waals surface area contributed by atoms with Crippen molar-refractivity contribution < 1.29 is 9.90 Å². The zero-order chi connectivity index (χ0) is 15.4. The van der Waals surface area contributed by atoms with Crippen LogP contribution in [0.3, 0.4) is 0 Å². The number of rotatable bonds is 4. The molecule has 0 bridgehead atoms. The van der Waals surface area contributed by atoms with Crippen LogP contribution in [0.5, 0.6) is 0 Å². The Morgan fingerprint density at radius 2 is 2.14 bits per heavy atom. The fraction of sp³-hybridized carbons (Fsp3) is 0.400. The van der Waals surface area contributed by atoms with Crippen LogP contribution >= 0.6 is 0 Å². The number of amides is 1. The first-order valence-electron chi connectivity index (χ1n) is 6.94. The molecule has 6 heteroatoms. The molecule has 1 saturated heterocycles. The third kappa shape index (κ3) is 3.74. The number of hydrogen-bond donors (Lipinski definition) is 4. The lowest BCUT2D eigenvalue weighted by molar-refractivity contribution is -0.125. The van der Waals surface area contributed by atoms with Gasteiger partial charge in [-0.2, -0.15) is 0 Å². The minimum atomic E-state index is -0.420. The Kier molecular flexibility index (Phi) is 4.82. The molecule has 0 saturated carbocycles. The van der Waals surface area contributed by atoms with Gasteiger partial charge in [0, 0.05) is 19.3 Å². The largest absolute Gasteiger partial charge is 0.403 e. The first kappa shape index (κ1) is 15.3. The number of nitrogens with zero attached hydrogens (tertiary/aromatic N) is 1. The van der Waals surface area contributed by atoms with Crippen molar-refractivity contribution in [2.45, 2.75) is 25.1 Å². The third-order valence-corrected chi connectivity index (χ3v) is 3.76. The highest BCUT2D eigenvalue weighted by Gasteiger charge is 2.33. The topological polar surface area (TPSA) is 105 Å². The van der Waals surface area contributed by atoms with Crippen molar-refractivity contribution in [3.8, 4) is 0 Å². The first-order chi connectivity index (χ1) is 10.0. The van der Waals surface area contributed by atoms with E-state index in [0.717, 1.165) is 11.1 Å². The van der Waals surface area contributed by atoms with Crippen LogP contribution in [-0.2, 0) is 11.3 Å². The summed E-state index contributed by atoms with van der Waals surface area (Å²) in [5.74, 6) is -0.0560. The highest BCUT2D eigenvalue weighted by molar-refractivity contribution is 5.82. The van der Waals surface area contributed by atoms with E-state index < -0.39 is 6.10 Å². The minimum Gasteiger partial charge on any atom is -0.403 e. The number of benzene rings is 1. The molecule has 2 atom stereocenters. The lowest BCUT2D eigenvalue weighted by Gasteiger charge is -2.18. The van der Waals surface area contributed by atoms with E-state index in [1.54, 1.807) is 0 Å². The predicted octanol–water partition coefficient (Wildman–Crippen LogP) is -0.416. The lowest BCUT2D eigenvalue weighted by Crippen LogP contribution is -2.41. The molecule has 1 fully saturated rings. The van der Waals surface area contributed by atoms with Crippen molar-refractivity contribution in [3.05, 3.63) is 41.6 Å². The maximum absolute atomic E-state index is 12.1. The number of carbonyl (C=O) groups excluding carboxylic acids is 1. The van der Waals surface area contributed by atoms with Gasteiger partial charge in [-0.05, 0) is 24.6 Å². The summed E-state index contributed by atoms with van der Waals surface area (Å²) in [7, 11) is 1.84. The Labute approximate surface area is 124 Å². The van der Waals surface area contributed by atoms with E-state index in [1.807, 2.05) is 36.2 Å². The van der Waals surface area contributed by atoms with E-state index >= 15 is 0 Å². The second-order valence-corrected chi connectivity index (χ2v) is 5.38. The molecule has 21 heavy (non-hydrogen) atoms. The van der Waals surface area contributed by atoms with Gasteiger partial charge in [0.2, 0.25) is 5.91 Å². The monoisotopic (exact) mass is 290 g/mol. The Balaban J connectivity index is 1.90. The van der Waals surface area contributed by atoms with Gasteiger partial charge in [0.25, 0.3) is 0 Å². The van der Waals surface area contributed by atoms with Gasteiger partial charge in [-0.3, -0.25) is 9.69 Å². The van der Waals surface area contributed by atoms with Crippen LogP contribution in [0.2, 0.25) is 0 Å². The molecule has 1 unspecified atom stereocenters. The lowest BCUT2D eigenvalue weighted by atomic mass is 10.1. The Morgan fingerprint density at radius 3 is 2.67 bits per heavy atom. The maximum Gasteiger partial charge on any atom is 0.237 e. The molecule has 6 N–H and O–H groups in total. The zero-order valence-electron chi connectivity index (χ0n) is 12.1. The molecule has 1 aromatic carbocycles. The molecule has 1 amide bonds. The number of likely N-dealkylation sites (tertiary alicyclic amines) is 1. The molecule has 0 aromatic heterocycles. The summed E-state index contributed by atoms with van der Waals surface area (Å²) < 4.78 is 0. The summed E-state index contributed by atoms with van der Waals surface area (Å²) in [6, 6.07) is 7.28. The van der Waals surface area contributed by atoms with Gasteiger partial charge in [-0.15, -0.1) is 0 Å². The molecule has 2 rings (SSSR count). The fourth-order valence-electron chi connectivity index (χ4n) is 2.50. The molecular weight excluding hydrogens is 268 g/mol. The highest BCUT2D eigenvalue weighted by atomic mass is 16.3. The smallest absolute Gasteiger partial charge is 0.237 e. The third-order valence-electron chi connectivity index (χ3n) is 3.76. The van der Waals surface area contributed by atoms with Crippen LogP contribution in [0.1, 0.15) is 17.5 Å². The number of nitrogens with one attached hydrogen (secondary N) is 1. The van der Waals surface area contributed by atoms with Crippen LogP contribution < -0.4 is 16.8 Å². The quantitative estimate of drug-likeness (QED) is 0.603. The van der Waals surface area contributed by atoms with Gasteiger partial charge in [0.05, 0.1) is 17.8 Å². The average Bonchev–Trinajstić information content (AvgIpc) is 2.83. The number of aliphatic hydroxyl groups excluding tert-OH is 1. The number of hydrogen-bond acceptors (Lipinski definition) is 5. The highest BCUT2D eigenvalue weighted by Crippen LogP contribution is 2.16. The van der Waals surface area contributed by atoms with Crippen molar-refractivity contribution >= 4 is 11.6 Å². The standard InChI is InChI=1S/C15H22N4O2/c1-19-9-12(20)6-14(19)15(21)18-8-10-2-4-11(5-3-10)13(17)7-16/h2-5,7,12,14,20H,6,8-9,16-17H2,1H3,(H,18,21)/b13-7-/t12-,14?/m1/s1. The molecule has 0 aliphatic carbocycles. The number of aliphatic hydroxyl groups is 1. The minimum absolute atomic E-state index is 0.0560. The second kappa shape index (κ2) is 6.60. The fourth-order valence-corrected chi connectivity index (χ4v) is 2.50. The molecule has 1 aliphatic heterocycles. The summed E-state index contributed by atoms with van der Waals surface area (Å²) in [4.78, 5) is 14.0. The summed E-state index contributed by atoms with van der Waals surface area (Å²) in [6.07, 6.45) is 1.42. The predicted molar refractivity (Wildman–Crippen MR) is 81.7 cm³/mol. The van der Waals surface area contributed by atoms with Gasteiger partial charge in [-0.1, -0.05) is 24.3 Å². The van der Waals surface area contributed by atoms with Gasteiger partial charge < -0.3 is 21.9 Å². The van der Waals surface area contributed by atoms with Crippen molar-refractivity contribution in [2.24, 2.45) is 11.5 Å². The molecule has 1 aliphatic rings. The number of likely N-dealkylation sites (N-methyl/N-ethyl adjacent to an activating group) is 1. The van der Waals surface area contributed by atoms with Gasteiger partial charge in [0.15, 0.2) is 0 Å². The summed E-state index contributed by atoms with van der Waals surface area (Å²) in [5, 5.41) is 12.5. The SMILES string of the molecule is CN1C[C@H](O)CC1C(=O)NCc1ccc(/C(N)=C/N)cc1. The molecule has 1 heterocycles. The van der Waals surface area contributed by atoms with Crippen LogP contribution in [0.25, 0.3) is 5.70 Å². The Morgan fingerprint density at radius 1 is 1.48 bits per heavy atom. The molecule has 0 radical (unpaired) electrons. The van der Waals surface area contributed by atoms with Crippen LogP contribution in [0.4, 0.5) is 0 Å². The van der Waals surface area contributed by atoms with E-state index in [2.05, 4.69) is 5.32 Å². The second-order valence-electron chi connectivity index (χ2n) is 5.38. The Bertz CT molecular complexity index is 527. The van der Waals surface area contributed by atoms with E-state index in [9.17, 15) is 9.90 Å². The van der Waals surface area contributed by atoms with Crippen LogP contribution in [0.15, 0.2) is 30.5 Å². The van der Waals surface area contributed by atoms with E-state index in [0.29, 0.717) is 25.2 Å². The Hall–Kier alpha value is -2.05. The van der Waals surface area contributed by atoms with Crippen molar-refractivity contribution in [1.29, 1.82) is 0 Å². The molecule has 6 nitrogen and oxygen atoms in total. The summed E-state index contributed by atoms with van der Waals surface area (Å²) in [5.41, 5.74) is 13.4. The molecule has 114 valence electrons. The average molecular weight is 290 g/mol. The maximum atomic E-state index is 12.1. The summed E-state index contributed by atoms with van der Waals surface area (Å²) in [6.45, 7) is 0.989. The summed E-state index contributed by atoms with van der Waals surface area (Å²) >= 11 is 0.